The summed E-state index contributed by atoms with van der Waals surface area (Å²) in [5, 5.41) is 10.1. The van der Waals surface area contributed by atoms with Gasteiger partial charge in [-0.1, -0.05) is 19.9 Å². The fourth-order valence-electron chi connectivity index (χ4n) is 2.77. The molecule has 0 saturated carbocycles. The van der Waals surface area contributed by atoms with Crippen molar-refractivity contribution in [1.29, 1.82) is 0 Å². The molecule has 0 bridgehead atoms. The highest BCUT2D eigenvalue weighted by Crippen LogP contribution is 2.28. The molecule has 3 nitrogen and oxygen atoms in total. The monoisotopic (exact) mass is 263 g/mol. The quantitative estimate of drug-likeness (QED) is 0.852. The maximum absolute atomic E-state index is 10.1. The zero-order chi connectivity index (χ0) is 13.7. The van der Waals surface area contributed by atoms with Gasteiger partial charge in [0.2, 0.25) is 0 Å². The van der Waals surface area contributed by atoms with Gasteiger partial charge < -0.3 is 9.84 Å². The van der Waals surface area contributed by atoms with Crippen LogP contribution in [0.5, 0.6) is 11.5 Å². The van der Waals surface area contributed by atoms with Gasteiger partial charge in [-0.05, 0) is 38.3 Å². The maximum atomic E-state index is 10.1. The number of benzene rings is 1. The van der Waals surface area contributed by atoms with Gasteiger partial charge in [-0.15, -0.1) is 0 Å². The fourth-order valence-corrected chi connectivity index (χ4v) is 2.77. The third-order valence-corrected chi connectivity index (χ3v) is 3.87. The topological polar surface area (TPSA) is 32.7 Å². The summed E-state index contributed by atoms with van der Waals surface area (Å²) in [4.78, 5) is 2.47. The van der Waals surface area contributed by atoms with Crippen molar-refractivity contribution in [1.82, 2.24) is 4.90 Å². The molecule has 0 spiro atoms. The number of rotatable bonds is 6. The highest BCUT2D eigenvalue weighted by Gasteiger charge is 2.23. The molecule has 1 saturated heterocycles. The Kier molecular flexibility index (Phi) is 5.08. The summed E-state index contributed by atoms with van der Waals surface area (Å²) >= 11 is 0. The van der Waals surface area contributed by atoms with Crippen LogP contribution in [0.2, 0.25) is 0 Å². The first kappa shape index (κ1) is 14.2. The summed E-state index contributed by atoms with van der Waals surface area (Å²) in [7, 11) is 0. The zero-order valence-electron chi connectivity index (χ0n) is 12.1. The normalized spacial score (nSPS) is 19.8. The summed E-state index contributed by atoms with van der Waals surface area (Å²) in [6, 6.07) is 6.37. The average molecular weight is 263 g/mol. The molecule has 1 unspecified atom stereocenters. The molecule has 1 aromatic rings. The van der Waals surface area contributed by atoms with Crippen molar-refractivity contribution in [3.63, 3.8) is 0 Å². The lowest BCUT2D eigenvalue weighted by molar-refractivity contribution is 0.236. The van der Waals surface area contributed by atoms with Crippen LogP contribution in [0.25, 0.3) is 0 Å². The highest BCUT2D eigenvalue weighted by atomic mass is 16.5. The number of nitrogens with zero attached hydrogens (tertiary/aromatic N) is 1. The van der Waals surface area contributed by atoms with Crippen molar-refractivity contribution in [2.24, 2.45) is 0 Å². The molecule has 0 amide bonds. The van der Waals surface area contributed by atoms with Crippen LogP contribution in [0.4, 0.5) is 0 Å². The van der Waals surface area contributed by atoms with E-state index in [1.165, 1.54) is 19.3 Å². The number of phenols is 1. The van der Waals surface area contributed by atoms with Gasteiger partial charge in [0.05, 0.1) is 6.61 Å². The molecule has 1 aliphatic rings. The highest BCUT2D eigenvalue weighted by molar-refractivity contribution is 5.39. The summed E-state index contributed by atoms with van der Waals surface area (Å²) < 4.78 is 5.53. The van der Waals surface area contributed by atoms with E-state index in [9.17, 15) is 5.11 Å². The van der Waals surface area contributed by atoms with E-state index in [1.807, 2.05) is 12.1 Å². The van der Waals surface area contributed by atoms with Crippen LogP contribution >= 0.6 is 0 Å². The Balaban J connectivity index is 2.00. The van der Waals surface area contributed by atoms with Gasteiger partial charge in [0.15, 0.2) is 0 Å². The Morgan fingerprint density at radius 2 is 2.21 bits per heavy atom. The van der Waals surface area contributed by atoms with Gasteiger partial charge in [0.25, 0.3) is 0 Å². The molecule has 1 aliphatic heterocycles. The van der Waals surface area contributed by atoms with Crippen molar-refractivity contribution < 1.29 is 9.84 Å². The smallest absolute Gasteiger partial charge is 0.123 e. The lowest BCUT2D eigenvalue weighted by Crippen LogP contribution is -2.28. The zero-order valence-corrected chi connectivity index (χ0v) is 12.1. The van der Waals surface area contributed by atoms with Gasteiger partial charge >= 0.3 is 0 Å². The molecule has 106 valence electrons. The molecule has 2 rings (SSSR count). The summed E-state index contributed by atoms with van der Waals surface area (Å²) in [5.74, 6) is 1.12. The van der Waals surface area contributed by atoms with Crippen LogP contribution < -0.4 is 4.74 Å². The van der Waals surface area contributed by atoms with Crippen molar-refractivity contribution >= 4 is 0 Å². The minimum atomic E-state index is 0.357. The maximum Gasteiger partial charge on any atom is 0.123 e. The minimum Gasteiger partial charge on any atom is -0.507 e. The third-order valence-electron chi connectivity index (χ3n) is 3.87. The van der Waals surface area contributed by atoms with Gasteiger partial charge in [0, 0.05) is 24.2 Å². The Morgan fingerprint density at radius 1 is 1.37 bits per heavy atom. The first-order valence-corrected chi connectivity index (χ1v) is 7.43. The van der Waals surface area contributed by atoms with E-state index in [2.05, 4.69) is 18.7 Å². The lowest BCUT2D eigenvalue weighted by atomic mass is 10.1. The largest absolute Gasteiger partial charge is 0.507 e. The van der Waals surface area contributed by atoms with Crippen LogP contribution in [0.15, 0.2) is 18.2 Å². The summed E-state index contributed by atoms with van der Waals surface area (Å²) in [6.07, 6.45) is 4.73. The van der Waals surface area contributed by atoms with Crippen LogP contribution in [-0.4, -0.2) is 29.2 Å². The molecule has 1 fully saturated rings. The van der Waals surface area contributed by atoms with E-state index in [-0.39, 0.29) is 0 Å². The number of hydrogen-bond acceptors (Lipinski definition) is 3. The van der Waals surface area contributed by atoms with Gasteiger partial charge in [-0.2, -0.15) is 0 Å². The molecule has 1 aromatic carbocycles. The van der Waals surface area contributed by atoms with Crippen molar-refractivity contribution in [2.75, 3.05) is 13.2 Å². The van der Waals surface area contributed by atoms with E-state index in [4.69, 9.17) is 4.74 Å². The second kappa shape index (κ2) is 6.80. The molecule has 0 aliphatic carbocycles. The minimum absolute atomic E-state index is 0.357. The van der Waals surface area contributed by atoms with E-state index in [0.717, 1.165) is 30.8 Å². The predicted molar refractivity (Wildman–Crippen MR) is 77.6 cm³/mol. The Labute approximate surface area is 116 Å². The number of phenolic OH excluding ortho intramolecular Hbond substituents is 1. The standard InChI is InChI=1S/C16H25NO2/c1-3-10-19-15-8-7-13(16(18)11-15)12-17-9-5-6-14(17)4-2/h7-8,11,14,18H,3-6,9-10,12H2,1-2H3. The van der Waals surface area contributed by atoms with Crippen molar-refractivity contribution in [2.45, 2.75) is 52.1 Å². The van der Waals surface area contributed by atoms with Crippen LogP contribution in [0.3, 0.4) is 0 Å². The van der Waals surface area contributed by atoms with Gasteiger partial charge in [-0.25, -0.2) is 0 Å². The van der Waals surface area contributed by atoms with Crippen molar-refractivity contribution in [3.05, 3.63) is 23.8 Å². The van der Waals surface area contributed by atoms with Crippen molar-refractivity contribution in [3.8, 4) is 11.5 Å². The number of aromatic hydroxyl groups is 1. The Morgan fingerprint density at radius 3 is 2.89 bits per heavy atom. The van der Waals surface area contributed by atoms with Crippen LogP contribution in [0.1, 0.15) is 45.1 Å². The molecule has 1 atom stereocenters. The van der Waals surface area contributed by atoms with Crippen LogP contribution in [0, 0.1) is 0 Å². The van der Waals surface area contributed by atoms with Gasteiger partial charge in [0.1, 0.15) is 11.5 Å². The fraction of sp³-hybridized carbons (Fsp3) is 0.625. The molecule has 0 aromatic heterocycles. The first-order chi connectivity index (χ1) is 9.24. The van der Waals surface area contributed by atoms with Gasteiger partial charge in [-0.3, -0.25) is 4.90 Å². The lowest BCUT2D eigenvalue weighted by Gasteiger charge is -2.23. The molecule has 1 heterocycles. The molecule has 19 heavy (non-hydrogen) atoms. The number of ether oxygens (including phenoxy) is 1. The SMILES string of the molecule is CCCOc1ccc(CN2CCCC2CC)c(O)c1. The number of likely N-dealkylation sites (tertiary alicyclic amines) is 1. The third kappa shape index (κ3) is 3.63. The Hall–Kier alpha value is -1.22. The molecule has 0 radical (unpaired) electrons. The molecule has 1 N–H and O–H groups in total. The molecular weight excluding hydrogens is 238 g/mol. The van der Waals surface area contributed by atoms with E-state index >= 15 is 0 Å². The van der Waals surface area contributed by atoms with E-state index in [1.54, 1.807) is 6.07 Å². The summed E-state index contributed by atoms with van der Waals surface area (Å²) in [6.45, 7) is 7.00. The van der Waals surface area contributed by atoms with E-state index in [0.29, 0.717) is 18.4 Å². The molecule has 3 heteroatoms. The van der Waals surface area contributed by atoms with E-state index < -0.39 is 0 Å². The average Bonchev–Trinajstić information content (AvgIpc) is 2.86. The predicted octanol–water partition coefficient (Wildman–Crippen LogP) is 3.56. The second-order valence-electron chi connectivity index (χ2n) is 5.31. The first-order valence-electron chi connectivity index (χ1n) is 7.43. The molecular formula is C16H25NO2. The Bertz CT molecular complexity index is 406. The van der Waals surface area contributed by atoms with Crippen LogP contribution in [-0.2, 0) is 6.54 Å². The second-order valence-corrected chi connectivity index (χ2v) is 5.31. The summed E-state index contributed by atoms with van der Waals surface area (Å²) in [5.41, 5.74) is 1.00. The number of hydrogen-bond donors (Lipinski definition) is 1.